The van der Waals surface area contributed by atoms with Crippen LogP contribution in [0.25, 0.3) is 108 Å². The second kappa shape index (κ2) is 22.5. The molecule has 0 radical (unpaired) electrons. The summed E-state index contributed by atoms with van der Waals surface area (Å²) in [6.07, 6.45) is 0. The molecule has 12 aromatic carbocycles. The topological polar surface area (TPSA) is 23.0 Å². The van der Waals surface area contributed by atoms with E-state index in [2.05, 4.69) is 306 Å². The number of thiophene rings is 1. The van der Waals surface area contributed by atoms with Crippen molar-refractivity contribution in [1.29, 1.82) is 0 Å². The zero-order valence-corrected chi connectivity index (χ0v) is 49.5. The molecule has 84 heavy (non-hydrogen) atoms. The number of aromatic nitrogens is 2. The summed E-state index contributed by atoms with van der Waals surface area (Å²) in [5.41, 5.74) is 21.9. The van der Waals surface area contributed by atoms with Crippen molar-refractivity contribution in [2.75, 3.05) is 0 Å². The van der Waals surface area contributed by atoms with Gasteiger partial charge in [0.1, 0.15) is 11.2 Å². The molecule has 17 rings (SSSR count). The third-order valence-corrected chi connectivity index (χ3v) is 17.7. The van der Waals surface area contributed by atoms with E-state index in [1.165, 1.54) is 136 Å². The molecule has 0 bridgehead atoms. The minimum atomic E-state index is 0.152. The van der Waals surface area contributed by atoms with Crippen molar-refractivity contribution in [3.8, 4) is 22.5 Å². The van der Waals surface area contributed by atoms with Gasteiger partial charge in [-0.1, -0.05) is 224 Å². The van der Waals surface area contributed by atoms with Gasteiger partial charge in [-0.2, -0.15) is 0 Å². The molecule has 0 fully saturated rings. The van der Waals surface area contributed by atoms with E-state index in [4.69, 9.17) is 4.42 Å². The first kappa shape index (κ1) is 53.6. The Hall–Kier alpha value is -9.74. The number of benzene rings is 12. The Balaban J connectivity index is 0.0000000988. The number of fused-ring (bicyclic) bond motifs is 15. The van der Waals surface area contributed by atoms with Gasteiger partial charge in [-0.25, -0.2) is 0 Å². The highest BCUT2D eigenvalue weighted by atomic mass is 32.1. The van der Waals surface area contributed by atoms with Crippen LogP contribution in [0.3, 0.4) is 0 Å². The van der Waals surface area contributed by atoms with E-state index in [1.807, 2.05) is 35.6 Å². The fourth-order valence-electron chi connectivity index (χ4n) is 12.5. The van der Waals surface area contributed by atoms with Gasteiger partial charge >= 0.3 is 0 Å². The lowest BCUT2D eigenvalue weighted by molar-refractivity contribution is 0.660. The van der Waals surface area contributed by atoms with Crippen LogP contribution < -0.4 is 0 Å². The maximum absolute atomic E-state index is 5.71. The first-order chi connectivity index (χ1) is 41.0. The van der Waals surface area contributed by atoms with E-state index in [1.54, 1.807) is 0 Å². The van der Waals surface area contributed by atoms with Gasteiger partial charge in [0.25, 0.3) is 0 Å². The van der Waals surface area contributed by atoms with Crippen LogP contribution >= 0.6 is 11.3 Å². The molecule has 0 spiro atoms. The Kier molecular flexibility index (Phi) is 14.4. The summed E-state index contributed by atoms with van der Waals surface area (Å²) in [5, 5.41) is 10.5. The largest absolute Gasteiger partial charge is 0.456 e. The predicted molar refractivity (Wildman–Crippen MR) is 362 cm³/mol. The van der Waals surface area contributed by atoms with Crippen molar-refractivity contribution < 1.29 is 4.42 Å². The molecule has 0 aliphatic heterocycles. The Morgan fingerprint density at radius 2 is 0.786 bits per heavy atom. The summed E-state index contributed by atoms with van der Waals surface area (Å²) >= 11 is 1.87. The van der Waals surface area contributed by atoms with Crippen molar-refractivity contribution in [3.05, 3.63) is 312 Å². The molecule has 0 saturated heterocycles. The lowest BCUT2D eigenvalue weighted by Crippen LogP contribution is -2.14. The van der Waals surface area contributed by atoms with Crippen molar-refractivity contribution in [1.82, 2.24) is 9.13 Å². The number of hydrogen-bond acceptors (Lipinski definition) is 2. The number of para-hydroxylation sites is 6. The highest BCUT2D eigenvalue weighted by molar-refractivity contribution is 7.25. The van der Waals surface area contributed by atoms with Crippen LogP contribution in [0.15, 0.2) is 277 Å². The monoisotopic (exact) mass is 1100 g/mol. The van der Waals surface area contributed by atoms with Crippen molar-refractivity contribution in [2.45, 2.75) is 53.9 Å². The molecule has 4 heteroatoms. The van der Waals surface area contributed by atoms with E-state index < -0.39 is 0 Å². The maximum Gasteiger partial charge on any atom is 0.135 e. The van der Waals surface area contributed by atoms with Gasteiger partial charge in [-0.15, -0.1) is 11.3 Å². The predicted octanol–water partition coefficient (Wildman–Crippen LogP) is 22.7. The highest BCUT2D eigenvalue weighted by Crippen LogP contribution is 2.48. The summed E-state index contributed by atoms with van der Waals surface area (Å²) in [6.45, 7) is 15.4. The lowest BCUT2D eigenvalue weighted by atomic mass is 9.82. The van der Waals surface area contributed by atoms with Crippen LogP contribution in [0, 0.1) is 34.6 Å². The molecule has 0 amide bonds. The van der Waals surface area contributed by atoms with E-state index in [0.29, 0.717) is 0 Å². The highest BCUT2D eigenvalue weighted by Gasteiger charge is 2.34. The Morgan fingerprint density at radius 1 is 0.310 bits per heavy atom. The molecule has 3 nitrogen and oxygen atoms in total. The average molecular weight is 1100 g/mol. The van der Waals surface area contributed by atoms with Crippen LogP contribution in [-0.2, 0) is 5.41 Å². The maximum atomic E-state index is 5.71. The number of nitrogens with zero attached hydrogens (tertiary/aromatic N) is 2. The smallest absolute Gasteiger partial charge is 0.135 e. The molecule has 0 saturated carbocycles. The molecular weight excluding hydrogens is 1040 g/mol. The van der Waals surface area contributed by atoms with Gasteiger partial charge in [-0.05, 0) is 147 Å². The Bertz CT molecular complexity index is 4930. The fourth-order valence-corrected chi connectivity index (χ4v) is 13.6. The second-order valence-corrected chi connectivity index (χ2v) is 23.9. The molecule has 0 unspecified atom stereocenters. The van der Waals surface area contributed by atoms with Gasteiger partial charge in [0.05, 0.1) is 22.1 Å². The summed E-state index contributed by atoms with van der Waals surface area (Å²) < 4.78 is 13.2. The van der Waals surface area contributed by atoms with E-state index in [-0.39, 0.29) is 5.41 Å². The number of furan rings is 1. The minimum Gasteiger partial charge on any atom is -0.456 e. The normalized spacial score (nSPS) is 12.1. The van der Waals surface area contributed by atoms with Crippen molar-refractivity contribution >= 4 is 97.1 Å². The number of aryl methyl sites for hydroxylation is 5. The molecule has 1 aliphatic carbocycles. The van der Waals surface area contributed by atoms with Gasteiger partial charge in [-0.3, -0.25) is 0 Å². The summed E-state index contributed by atoms with van der Waals surface area (Å²) in [5.74, 6) is 0. The average Bonchev–Trinajstić information content (AvgIpc) is 2.37. The number of rotatable bonds is 2. The first-order valence-electron chi connectivity index (χ1n) is 29.1. The van der Waals surface area contributed by atoms with Gasteiger partial charge in [0.2, 0.25) is 0 Å². The standard InChI is InChI=1S/2C19H15N.C16H16.C13H10O.C13H10S/c1-14-8-7-12-17-16-11-5-6-13-18(16)20(19(14)17)15-9-3-2-4-10-15;1-14-11-12-19-17(13-14)16-9-5-6-10-18(16)20(19)15-7-3-2-4-8-15;1-11-8-9-15-13(10-11)12-6-4-5-7-14(12)16(15,2)3;2*1-9-6-7-13-11(8-9)10-4-2-3-5-12(10)14-13/h2*2-13H,1H3;4-10H,1-3H3;2*2-8H,1H3. The zero-order chi connectivity index (χ0) is 57.5. The molecule has 408 valence electrons. The molecule has 1 aliphatic rings. The zero-order valence-electron chi connectivity index (χ0n) is 48.7. The van der Waals surface area contributed by atoms with Crippen LogP contribution in [0.2, 0.25) is 0 Å². The van der Waals surface area contributed by atoms with Crippen LogP contribution in [0.5, 0.6) is 0 Å². The van der Waals surface area contributed by atoms with Crippen molar-refractivity contribution in [2.24, 2.45) is 0 Å². The SMILES string of the molecule is Cc1ccc2c(c1)-c1ccccc1C2(C)C.Cc1ccc2c(c1)c1ccccc1n2-c1ccccc1.Cc1ccc2oc3ccccc3c2c1.Cc1ccc2sc3ccccc3c2c1.Cc1cccc2c3ccccc3n(-c3ccccc3)c12. The quantitative estimate of drug-likeness (QED) is 0.169. The lowest BCUT2D eigenvalue weighted by Gasteiger charge is -2.21. The Labute approximate surface area is 495 Å². The first-order valence-corrected chi connectivity index (χ1v) is 29.9. The van der Waals surface area contributed by atoms with E-state index >= 15 is 0 Å². The molecule has 16 aromatic rings. The van der Waals surface area contributed by atoms with Crippen molar-refractivity contribution in [3.63, 3.8) is 0 Å². The number of hydrogen-bond donors (Lipinski definition) is 0. The van der Waals surface area contributed by atoms with E-state index in [9.17, 15) is 0 Å². The third kappa shape index (κ3) is 10.0. The minimum absolute atomic E-state index is 0.152. The summed E-state index contributed by atoms with van der Waals surface area (Å²) in [7, 11) is 0. The van der Waals surface area contributed by atoms with Gasteiger partial charge < -0.3 is 13.6 Å². The van der Waals surface area contributed by atoms with Crippen LogP contribution in [0.4, 0.5) is 0 Å². The second-order valence-electron chi connectivity index (χ2n) is 22.8. The van der Waals surface area contributed by atoms with Gasteiger partial charge in [0.15, 0.2) is 0 Å². The Morgan fingerprint density at radius 3 is 1.52 bits per heavy atom. The molecule has 4 aromatic heterocycles. The fraction of sp³-hybridized carbons (Fsp3) is 0.100. The molecule has 0 N–H and O–H groups in total. The van der Waals surface area contributed by atoms with Crippen LogP contribution in [0.1, 0.15) is 52.8 Å². The summed E-state index contributed by atoms with van der Waals surface area (Å²) in [4.78, 5) is 0. The molecular formula is C80H66N2OS. The molecule has 4 heterocycles. The van der Waals surface area contributed by atoms with E-state index in [0.717, 1.165) is 11.2 Å². The van der Waals surface area contributed by atoms with Gasteiger partial charge in [0, 0.05) is 69.3 Å². The van der Waals surface area contributed by atoms with Crippen LogP contribution in [-0.4, -0.2) is 9.13 Å². The third-order valence-electron chi connectivity index (χ3n) is 16.6. The molecule has 0 atom stereocenters. The summed E-state index contributed by atoms with van der Waals surface area (Å²) in [6, 6.07) is 96.8.